The van der Waals surface area contributed by atoms with Gasteiger partial charge in [0.2, 0.25) is 5.43 Å². The van der Waals surface area contributed by atoms with Crippen LogP contribution in [0, 0.1) is 17.7 Å². The maximum atomic E-state index is 15.2. The van der Waals surface area contributed by atoms with Crippen LogP contribution < -0.4 is 10.4 Å². The molecule has 1 aromatic heterocycles. The summed E-state index contributed by atoms with van der Waals surface area (Å²) in [6.45, 7) is 2.07. The Morgan fingerprint density at radius 2 is 1.78 bits per heavy atom. The number of halogens is 1. The predicted octanol–water partition coefficient (Wildman–Crippen LogP) is 3.14. The van der Waals surface area contributed by atoms with Crippen molar-refractivity contribution in [1.29, 1.82) is 0 Å². The number of benzene rings is 2. The van der Waals surface area contributed by atoms with E-state index in [1.165, 1.54) is 17.7 Å². The van der Waals surface area contributed by atoms with E-state index in [9.17, 15) is 14.7 Å². The number of carbonyl (C=O) groups excluding carboxylic acids is 1. The van der Waals surface area contributed by atoms with Crippen molar-refractivity contribution in [3.05, 3.63) is 98.7 Å². The molecule has 8 heteroatoms. The molecule has 0 saturated carbocycles. The molecule has 190 valence electrons. The van der Waals surface area contributed by atoms with E-state index in [-0.39, 0.29) is 35.9 Å². The highest BCUT2D eigenvalue weighted by Gasteiger charge is 2.59. The zero-order valence-corrected chi connectivity index (χ0v) is 20.4. The summed E-state index contributed by atoms with van der Waals surface area (Å²) < 4.78 is 22.4. The predicted molar refractivity (Wildman–Crippen MR) is 135 cm³/mol. The largest absolute Gasteiger partial charge is 0.502 e. The molecule has 0 bridgehead atoms. The van der Waals surface area contributed by atoms with Gasteiger partial charge in [-0.1, -0.05) is 36.4 Å². The van der Waals surface area contributed by atoms with E-state index in [0.717, 1.165) is 30.4 Å². The summed E-state index contributed by atoms with van der Waals surface area (Å²) in [5, 5.41) is 13.0. The molecule has 2 unspecified atom stereocenters. The second kappa shape index (κ2) is 8.18. The van der Waals surface area contributed by atoms with Gasteiger partial charge in [0, 0.05) is 37.9 Å². The Morgan fingerprint density at radius 3 is 2.62 bits per heavy atom. The highest BCUT2D eigenvalue weighted by atomic mass is 19.1. The van der Waals surface area contributed by atoms with E-state index in [1.54, 1.807) is 21.8 Å². The lowest BCUT2D eigenvalue weighted by Crippen LogP contribution is -2.63. The first kappa shape index (κ1) is 22.5. The number of amides is 1. The molecule has 4 aliphatic rings. The molecule has 1 amide bonds. The molecule has 2 atom stereocenters. The van der Waals surface area contributed by atoms with Gasteiger partial charge in [-0.3, -0.25) is 19.3 Å². The van der Waals surface area contributed by atoms with Crippen LogP contribution in [0.25, 0.3) is 0 Å². The van der Waals surface area contributed by atoms with Gasteiger partial charge >= 0.3 is 0 Å². The fourth-order valence-corrected chi connectivity index (χ4v) is 7.17. The van der Waals surface area contributed by atoms with Crippen LogP contribution in [0.2, 0.25) is 0 Å². The first-order chi connectivity index (χ1) is 18.0. The van der Waals surface area contributed by atoms with Crippen LogP contribution in [-0.4, -0.2) is 47.0 Å². The monoisotopic (exact) mass is 501 g/mol. The average molecular weight is 502 g/mol. The first-order valence-corrected chi connectivity index (χ1v) is 13.0. The highest BCUT2D eigenvalue weighted by molar-refractivity contribution is 5.96. The van der Waals surface area contributed by atoms with Crippen LogP contribution in [0.15, 0.2) is 59.5 Å². The highest BCUT2D eigenvalue weighted by Crippen LogP contribution is 2.57. The number of nitrogens with zero attached hydrogens (tertiary/aromatic N) is 3. The van der Waals surface area contributed by atoms with Crippen LogP contribution in [0.3, 0.4) is 0 Å². The van der Waals surface area contributed by atoms with Crippen molar-refractivity contribution in [2.24, 2.45) is 11.8 Å². The summed E-state index contributed by atoms with van der Waals surface area (Å²) in [5.41, 5.74) is 2.47. The van der Waals surface area contributed by atoms with E-state index in [2.05, 4.69) is 17.1 Å². The number of aromatic hydroxyl groups is 1. The van der Waals surface area contributed by atoms with E-state index >= 15 is 4.39 Å². The Labute approximate surface area is 213 Å². The van der Waals surface area contributed by atoms with E-state index < -0.39 is 16.7 Å². The van der Waals surface area contributed by atoms with Gasteiger partial charge in [-0.2, -0.15) is 0 Å². The Hall–Kier alpha value is -3.65. The van der Waals surface area contributed by atoms with Gasteiger partial charge in [0.25, 0.3) is 5.91 Å². The molecular formula is C29H28FN3O4. The molecule has 1 N–H and O–H groups in total. The third kappa shape index (κ3) is 3.08. The lowest BCUT2D eigenvalue weighted by atomic mass is 9.81. The second-order valence-electron chi connectivity index (χ2n) is 10.6. The van der Waals surface area contributed by atoms with Gasteiger partial charge in [-0.25, -0.2) is 4.39 Å². The van der Waals surface area contributed by atoms with Crippen molar-refractivity contribution in [3.63, 3.8) is 0 Å². The van der Waals surface area contributed by atoms with Crippen LogP contribution in [0.1, 0.15) is 45.6 Å². The smallest absolute Gasteiger partial charge is 0.277 e. The fraction of sp³-hybridized carbons (Fsp3) is 0.379. The minimum Gasteiger partial charge on any atom is -0.502 e. The summed E-state index contributed by atoms with van der Waals surface area (Å²) in [6, 6.07) is 14.8. The third-order valence-electron chi connectivity index (χ3n) is 8.80. The van der Waals surface area contributed by atoms with Crippen LogP contribution in [0.5, 0.6) is 5.75 Å². The summed E-state index contributed by atoms with van der Waals surface area (Å²) >= 11 is 0. The summed E-state index contributed by atoms with van der Waals surface area (Å²) in [5.74, 6) is -0.843. The number of fused-ring (bicyclic) bond motifs is 6. The molecule has 3 aromatic rings. The lowest BCUT2D eigenvalue weighted by Gasteiger charge is -2.51. The summed E-state index contributed by atoms with van der Waals surface area (Å²) in [7, 11) is 0. The summed E-state index contributed by atoms with van der Waals surface area (Å²) in [4.78, 5) is 28.0. The Kier molecular flexibility index (Phi) is 4.98. The number of hydrogen-bond donors (Lipinski definition) is 1. The van der Waals surface area contributed by atoms with Gasteiger partial charge in [0.1, 0.15) is 18.0 Å². The normalized spacial score (nSPS) is 24.6. The minimum absolute atomic E-state index is 0.0318. The standard InChI is InChI=1S/C29H28FN3O4/c30-24-7-3-6-23-21(24)15-20-14-19-4-1-2-5-22(19)29(20,23)33-17-31(16-18-9-12-37-13-10-18)28(36)26-27(35)25(34)8-11-32(26)33/h1-8,11,18,20,35H,9-10,12-17H2. The number of rotatable bonds is 3. The Balaban J connectivity index is 1.46. The van der Waals surface area contributed by atoms with Crippen molar-refractivity contribution in [2.75, 3.05) is 31.4 Å². The van der Waals surface area contributed by atoms with Crippen molar-refractivity contribution in [2.45, 2.75) is 31.2 Å². The van der Waals surface area contributed by atoms with Crippen LogP contribution in [-0.2, 0) is 23.1 Å². The number of ether oxygens (including phenoxy) is 1. The Morgan fingerprint density at radius 1 is 1.00 bits per heavy atom. The van der Waals surface area contributed by atoms with Gasteiger partial charge in [0.15, 0.2) is 11.4 Å². The maximum Gasteiger partial charge on any atom is 0.277 e. The van der Waals surface area contributed by atoms with Crippen LogP contribution in [0.4, 0.5) is 4.39 Å². The minimum atomic E-state index is -0.751. The molecule has 3 heterocycles. The molecule has 0 radical (unpaired) electrons. The molecule has 1 fully saturated rings. The molecule has 2 aliphatic carbocycles. The van der Waals surface area contributed by atoms with Crippen molar-refractivity contribution < 1.29 is 19.0 Å². The van der Waals surface area contributed by atoms with Gasteiger partial charge in [-0.05, 0) is 59.9 Å². The lowest BCUT2D eigenvalue weighted by molar-refractivity contribution is 0.0385. The molecule has 2 aliphatic heterocycles. The van der Waals surface area contributed by atoms with Crippen molar-refractivity contribution in [1.82, 2.24) is 9.58 Å². The molecule has 1 saturated heterocycles. The summed E-state index contributed by atoms with van der Waals surface area (Å²) in [6.07, 6.45) is 4.62. The van der Waals surface area contributed by atoms with E-state index in [4.69, 9.17) is 4.74 Å². The quantitative estimate of drug-likeness (QED) is 0.597. The van der Waals surface area contributed by atoms with Crippen LogP contribution >= 0.6 is 0 Å². The van der Waals surface area contributed by atoms with Gasteiger partial charge in [-0.15, -0.1) is 0 Å². The SMILES string of the molecule is O=C1c2c(O)c(=O)ccn2N(C23c4ccccc4CC2Cc2c(F)cccc23)CN1CC1CCOCC1. The number of aromatic nitrogens is 1. The maximum absolute atomic E-state index is 15.2. The third-order valence-corrected chi connectivity index (χ3v) is 8.80. The molecular weight excluding hydrogens is 473 g/mol. The van der Waals surface area contributed by atoms with E-state index in [1.807, 2.05) is 18.2 Å². The zero-order valence-electron chi connectivity index (χ0n) is 20.4. The number of pyridine rings is 1. The molecule has 2 aromatic carbocycles. The zero-order chi connectivity index (χ0) is 25.3. The van der Waals surface area contributed by atoms with Crippen molar-refractivity contribution >= 4 is 5.91 Å². The molecule has 7 rings (SSSR count). The van der Waals surface area contributed by atoms with Gasteiger partial charge < -0.3 is 14.7 Å². The molecule has 7 nitrogen and oxygen atoms in total. The topological polar surface area (TPSA) is 75.0 Å². The fourth-order valence-electron chi connectivity index (χ4n) is 7.17. The average Bonchev–Trinajstić information content (AvgIpc) is 3.41. The Bertz CT molecular complexity index is 1480. The van der Waals surface area contributed by atoms with Crippen molar-refractivity contribution in [3.8, 4) is 5.75 Å². The molecule has 0 spiro atoms. The number of hydrogen-bond acceptors (Lipinski definition) is 5. The van der Waals surface area contributed by atoms with E-state index in [0.29, 0.717) is 31.7 Å². The second-order valence-corrected chi connectivity index (χ2v) is 10.6. The first-order valence-electron chi connectivity index (χ1n) is 13.0. The number of carbonyl (C=O) groups is 1. The molecule has 37 heavy (non-hydrogen) atoms. The van der Waals surface area contributed by atoms with Gasteiger partial charge in [0.05, 0.1) is 0 Å².